The van der Waals surface area contributed by atoms with Crippen molar-refractivity contribution in [3.63, 3.8) is 0 Å². The standard InChI is InChI=1S/C8H8Cl2N2O/c1-5(13)11-12-6-2-3-7(9)8(10)4-6/h2-4,12H,1H3,(H,11,13). The first-order valence-corrected chi connectivity index (χ1v) is 4.33. The summed E-state index contributed by atoms with van der Waals surface area (Å²) < 4.78 is 0. The minimum atomic E-state index is -0.175. The Hall–Kier alpha value is -0.930. The second kappa shape index (κ2) is 4.35. The predicted octanol–water partition coefficient (Wildman–Crippen LogP) is 2.46. The van der Waals surface area contributed by atoms with Gasteiger partial charge in [0, 0.05) is 6.92 Å². The van der Waals surface area contributed by atoms with Crippen molar-refractivity contribution < 1.29 is 4.79 Å². The molecule has 0 aliphatic rings. The van der Waals surface area contributed by atoms with Crippen LogP contribution in [0, 0.1) is 0 Å². The Morgan fingerprint density at radius 2 is 2.00 bits per heavy atom. The number of amides is 1. The summed E-state index contributed by atoms with van der Waals surface area (Å²) in [4.78, 5) is 10.5. The maximum Gasteiger partial charge on any atom is 0.235 e. The first kappa shape index (κ1) is 10.2. The molecule has 5 heteroatoms. The van der Waals surface area contributed by atoms with E-state index < -0.39 is 0 Å². The average Bonchev–Trinajstić information content (AvgIpc) is 2.07. The lowest BCUT2D eigenvalue weighted by molar-refractivity contribution is -0.118. The topological polar surface area (TPSA) is 41.1 Å². The maximum absolute atomic E-state index is 10.5. The minimum absolute atomic E-state index is 0.175. The van der Waals surface area contributed by atoms with Crippen molar-refractivity contribution in [1.29, 1.82) is 0 Å². The lowest BCUT2D eigenvalue weighted by atomic mass is 10.3. The predicted molar refractivity (Wildman–Crippen MR) is 53.9 cm³/mol. The van der Waals surface area contributed by atoms with Crippen LogP contribution in [-0.2, 0) is 4.79 Å². The van der Waals surface area contributed by atoms with Crippen LogP contribution in [0.1, 0.15) is 6.92 Å². The molecule has 1 aromatic carbocycles. The molecule has 13 heavy (non-hydrogen) atoms. The molecular weight excluding hydrogens is 211 g/mol. The zero-order valence-corrected chi connectivity index (χ0v) is 8.41. The van der Waals surface area contributed by atoms with Gasteiger partial charge < -0.3 is 0 Å². The number of benzene rings is 1. The van der Waals surface area contributed by atoms with Crippen molar-refractivity contribution in [2.75, 3.05) is 5.43 Å². The Morgan fingerprint density at radius 3 is 2.54 bits per heavy atom. The molecule has 0 aliphatic carbocycles. The summed E-state index contributed by atoms with van der Waals surface area (Å²) in [5, 5.41) is 0.923. The molecule has 0 saturated carbocycles. The van der Waals surface area contributed by atoms with E-state index in [1.165, 1.54) is 6.92 Å². The molecule has 0 heterocycles. The second-order valence-corrected chi connectivity index (χ2v) is 3.25. The van der Waals surface area contributed by atoms with E-state index in [0.717, 1.165) is 0 Å². The molecule has 0 aliphatic heterocycles. The monoisotopic (exact) mass is 218 g/mol. The number of carbonyl (C=O) groups is 1. The van der Waals surface area contributed by atoms with Gasteiger partial charge in [0.25, 0.3) is 0 Å². The van der Waals surface area contributed by atoms with Crippen LogP contribution in [0.5, 0.6) is 0 Å². The van der Waals surface area contributed by atoms with Crippen molar-refractivity contribution in [2.24, 2.45) is 0 Å². The molecular formula is C8H8Cl2N2O. The van der Waals surface area contributed by atoms with Crippen molar-refractivity contribution >= 4 is 34.8 Å². The fraction of sp³-hybridized carbons (Fsp3) is 0.125. The molecule has 1 rings (SSSR count). The van der Waals surface area contributed by atoms with E-state index in [-0.39, 0.29) is 5.91 Å². The molecule has 1 amide bonds. The Balaban J connectivity index is 2.68. The summed E-state index contributed by atoms with van der Waals surface area (Å²) in [7, 11) is 0. The molecule has 0 unspecified atom stereocenters. The summed E-state index contributed by atoms with van der Waals surface area (Å²) in [6.45, 7) is 1.41. The molecule has 0 fully saturated rings. The number of hydrogen-bond acceptors (Lipinski definition) is 2. The number of halogens is 2. The van der Waals surface area contributed by atoms with Crippen LogP contribution in [0.2, 0.25) is 10.0 Å². The van der Waals surface area contributed by atoms with Crippen LogP contribution in [0.25, 0.3) is 0 Å². The largest absolute Gasteiger partial charge is 0.299 e. The Bertz CT molecular complexity index is 328. The summed E-state index contributed by atoms with van der Waals surface area (Å²) in [6.07, 6.45) is 0. The van der Waals surface area contributed by atoms with Gasteiger partial charge in [0.1, 0.15) is 0 Å². The number of carbonyl (C=O) groups excluding carboxylic acids is 1. The van der Waals surface area contributed by atoms with Gasteiger partial charge in [-0.15, -0.1) is 0 Å². The third kappa shape index (κ3) is 3.13. The van der Waals surface area contributed by atoms with Crippen molar-refractivity contribution in [3.05, 3.63) is 28.2 Å². The molecule has 3 nitrogen and oxygen atoms in total. The van der Waals surface area contributed by atoms with Gasteiger partial charge >= 0.3 is 0 Å². The number of hydrazine groups is 1. The van der Waals surface area contributed by atoms with Gasteiger partial charge in [-0.25, -0.2) is 0 Å². The van der Waals surface area contributed by atoms with Crippen LogP contribution in [0.4, 0.5) is 5.69 Å². The van der Waals surface area contributed by atoms with E-state index in [0.29, 0.717) is 15.7 Å². The highest BCUT2D eigenvalue weighted by molar-refractivity contribution is 6.42. The molecule has 1 aromatic rings. The normalized spacial score (nSPS) is 9.46. The number of hydrogen-bond donors (Lipinski definition) is 2. The van der Waals surface area contributed by atoms with Gasteiger partial charge in [0.05, 0.1) is 15.7 Å². The zero-order chi connectivity index (χ0) is 9.84. The van der Waals surface area contributed by atoms with E-state index in [9.17, 15) is 4.79 Å². The summed E-state index contributed by atoms with van der Waals surface area (Å²) in [6, 6.07) is 4.98. The van der Waals surface area contributed by atoms with E-state index in [4.69, 9.17) is 23.2 Å². The first-order valence-electron chi connectivity index (χ1n) is 3.57. The highest BCUT2D eigenvalue weighted by Crippen LogP contribution is 2.24. The van der Waals surface area contributed by atoms with Crippen molar-refractivity contribution in [3.8, 4) is 0 Å². The number of nitrogens with one attached hydrogen (secondary N) is 2. The Labute approximate surface area is 86.0 Å². The molecule has 2 N–H and O–H groups in total. The summed E-state index contributed by atoms with van der Waals surface area (Å²) in [5.41, 5.74) is 5.77. The van der Waals surface area contributed by atoms with Crippen molar-refractivity contribution in [2.45, 2.75) is 6.92 Å². The van der Waals surface area contributed by atoms with E-state index in [1.54, 1.807) is 18.2 Å². The van der Waals surface area contributed by atoms with Crippen LogP contribution in [0.3, 0.4) is 0 Å². The highest BCUT2D eigenvalue weighted by atomic mass is 35.5. The van der Waals surface area contributed by atoms with Crippen LogP contribution in [0.15, 0.2) is 18.2 Å². The third-order valence-corrected chi connectivity index (χ3v) is 2.04. The Kier molecular flexibility index (Phi) is 3.39. The fourth-order valence-electron chi connectivity index (χ4n) is 0.734. The molecule has 0 aromatic heterocycles. The van der Waals surface area contributed by atoms with E-state index in [1.807, 2.05) is 0 Å². The second-order valence-electron chi connectivity index (χ2n) is 2.44. The van der Waals surface area contributed by atoms with Crippen LogP contribution >= 0.6 is 23.2 Å². The summed E-state index contributed by atoms with van der Waals surface area (Å²) >= 11 is 11.4. The average molecular weight is 219 g/mol. The van der Waals surface area contributed by atoms with Crippen LogP contribution in [-0.4, -0.2) is 5.91 Å². The first-order chi connectivity index (χ1) is 6.09. The summed E-state index contributed by atoms with van der Waals surface area (Å²) in [5.74, 6) is -0.175. The number of rotatable bonds is 2. The lowest BCUT2D eigenvalue weighted by Gasteiger charge is -2.06. The van der Waals surface area contributed by atoms with Gasteiger partial charge in [0.15, 0.2) is 0 Å². The van der Waals surface area contributed by atoms with E-state index >= 15 is 0 Å². The molecule has 0 bridgehead atoms. The van der Waals surface area contributed by atoms with E-state index in [2.05, 4.69) is 10.9 Å². The van der Waals surface area contributed by atoms with Gasteiger partial charge in [0.2, 0.25) is 5.91 Å². The lowest BCUT2D eigenvalue weighted by Crippen LogP contribution is -2.26. The van der Waals surface area contributed by atoms with Crippen LogP contribution < -0.4 is 10.9 Å². The molecule has 70 valence electrons. The van der Waals surface area contributed by atoms with Gasteiger partial charge in [-0.05, 0) is 18.2 Å². The maximum atomic E-state index is 10.5. The quantitative estimate of drug-likeness (QED) is 0.750. The van der Waals surface area contributed by atoms with Gasteiger partial charge in [-0.2, -0.15) is 0 Å². The molecule has 0 saturated heterocycles. The zero-order valence-electron chi connectivity index (χ0n) is 6.90. The molecule has 0 spiro atoms. The van der Waals surface area contributed by atoms with Gasteiger partial charge in [-0.3, -0.25) is 15.6 Å². The smallest absolute Gasteiger partial charge is 0.235 e. The SMILES string of the molecule is CC(=O)NNc1ccc(Cl)c(Cl)c1. The highest BCUT2D eigenvalue weighted by Gasteiger charge is 1.98. The minimum Gasteiger partial charge on any atom is -0.299 e. The van der Waals surface area contributed by atoms with Gasteiger partial charge in [-0.1, -0.05) is 23.2 Å². The number of anilines is 1. The third-order valence-electron chi connectivity index (χ3n) is 1.30. The molecule has 0 atom stereocenters. The Morgan fingerprint density at radius 1 is 1.31 bits per heavy atom. The fourth-order valence-corrected chi connectivity index (χ4v) is 1.03. The molecule has 0 radical (unpaired) electrons. The van der Waals surface area contributed by atoms with Crippen molar-refractivity contribution in [1.82, 2.24) is 5.43 Å².